The van der Waals surface area contributed by atoms with Gasteiger partial charge in [-0.1, -0.05) is 12.1 Å². The van der Waals surface area contributed by atoms with Crippen molar-refractivity contribution in [3.8, 4) is 0 Å². The molecule has 0 aromatic carbocycles. The van der Waals surface area contributed by atoms with E-state index in [0.717, 1.165) is 31.7 Å². The number of likely N-dealkylation sites (tertiary alicyclic amines) is 1. The van der Waals surface area contributed by atoms with Gasteiger partial charge in [-0.25, -0.2) is 0 Å². The number of carbonyl (C=O) groups is 1. The molecule has 0 spiro atoms. The van der Waals surface area contributed by atoms with Gasteiger partial charge in [-0.2, -0.15) is 0 Å². The first-order valence-electron chi connectivity index (χ1n) is 7.28. The van der Waals surface area contributed by atoms with Crippen LogP contribution in [0.1, 0.15) is 41.9 Å². The molecule has 2 atom stereocenters. The third kappa shape index (κ3) is 2.86. The topological polar surface area (TPSA) is 78.6 Å². The zero-order valence-electron chi connectivity index (χ0n) is 11.7. The number of aliphatic hydroxyl groups is 1. The molecule has 6 nitrogen and oxygen atoms in total. The Hall–Kier alpha value is -1.40. The average Bonchev–Trinajstić information content (AvgIpc) is 3.05. The Kier molecular flexibility index (Phi) is 3.76. The Morgan fingerprint density at radius 3 is 3.05 bits per heavy atom. The Balaban J connectivity index is 1.57. The average molecular weight is 279 g/mol. The number of hydrogen-bond donors (Lipinski definition) is 2. The molecule has 2 N–H and O–H groups in total. The van der Waals surface area contributed by atoms with Crippen LogP contribution in [0, 0.1) is 5.92 Å². The van der Waals surface area contributed by atoms with Crippen LogP contribution in [0.3, 0.4) is 0 Å². The molecule has 20 heavy (non-hydrogen) atoms. The van der Waals surface area contributed by atoms with Gasteiger partial charge >= 0.3 is 0 Å². The molecule has 110 valence electrons. The van der Waals surface area contributed by atoms with Crippen LogP contribution in [-0.4, -0.2) is 53.4 Å². The SMILES string of the molecule is C[C@@H]1CN(CCO)C[C@@H]1NC(=O)c1cc(C2CC2)on1. The lowest BCUT2D eigenvalue weighted by Crippen LogP contribution is -2.40. The summed E-state index contributed by atoms with van der Waals surface area (Å²) in [5, 5.41) is 15.8. The summed E-state index contributed by atoms with van der Waals surface area (Å²) < 4.78 is 5.21. The molecule has 1 amide bonds. The quantitative estimate of drug-likeness (QED) is 0.825. The van der Waals surface area contributed by atoms with Gasteiger partial charge < -0.3 is 14.9 Å². The second kappa shape index (κ2) is 5.54. The molecule has 1 aliphatic heterocycles. The van der Waals surface area contributed by atoms with Crippen molar-refractivity contribution in [2.45, 2.75) is 31.7 Å². The van der Waals surface area contributed by atoms with Crippen LogP contribution in [0.15, 0.2) is 10.6 Å². The van der Waals surface area contributed by atoms with Crippen LogP contribution in [0.2, 0.25) is 0 Å². The van der Waals surface area contributed by atoms with Crippen molar-refractivity contribution in [1.82, 2.24) is 15.4 Å². The summed E-state index contributed by atoms with van der Waals surface area (Å²) in [6.07, 6.45) is 2.26. The fourth-order valence-corrected chi connectivity index (χ4v) is 2.78. The molecule has 1 aromatic rings. The minimum absolute atomic E-state index is 0.107. The van der Waals surface area contributed by atoms with E-state index in [1.807, 2.05) is 0 Å². The molecule has 0 bridgehead atoms. The first-order valence-corrected chi connectivity index (χ1v) is 7.28. The maximum absolute atomic E-state index is 12.2. The van der Waals surface area contributed by atoms with E-state index in [2.05, 4.69) is 22.3 Å². The number of hydrogen-bond acceptors (Lipinski definition) is 5. The first-order chi connectivity index (χ1) is 9.67. The van der Waals surface area contributed by atoms with Gasteiger partial charge in [-0.3, -0.25) is 9.69 Å². The molecule has 1 saturated carbocycles. The summed E-state index contributed by atoms with van der Waals surface area (Å²) in [6.45, 7) is 4.60. The highest BCUT2D eigenvalue weighted by Gasteiger charge is 2.32. The first kappa shape index (κ1) is 13.6. The number of amides is 1. The van der Waals surface area contributed by atoms with Gasteiger partial charge in [-0.15, -0.1) is 0 Å². The van der Waals surface area contributed by atoms with E-state index in [1.54, 1.807) is 6.07 Å². The number of carbonyl (C=O) groups excluding carboxylic acids is 1. The van der Waals surface area contributed by atoms with Crippen molar-refractivity contribution in [1.29, 1.82) is 0 Å². The Bertz CT molecular complexity index is 484. The van der Waals surface area contributed by atoms with Crippen LogP contribution in [0.4, 0.5) is 0 Å². The van der Waals surface area contributed by atoms with Crippen LogP contribution < -0.4 is 5.32 Å². The predicted molar refractivity (Wildman–Crippen MR) is 72.4 cm³/mol. The second-order valence-electron chi connectivity index (χ2n) is 5.93. The summed E-state index contributed by atoms with van der Waals surface area (Å²) in [6, 6.07) is 1.87. The summed E-state index contributed by atoms with van der Waals surface area (Å²) >= 11 is 0. The molecule has 2 fully saturated rings. The smallest absolute Gasteiger partial charge is 0.273 e. The molecular weight excluding hydrogens is 258 g/mol. The Labute approximate surface area is 118 Å². The number of β-amino-alcohol motifs (C(OH)–C–C–N with tert-alkyl or cyclic N) is 1. The third-order valence-electron chi connectivity index (χ3n) is 4.16. The van der Waals surface area contributed by atoms with Gasteiger partial charge in [0.05, 0.1) is 6.61 Å². The maximum atomic E-state index is 12.2. The van der Waals surface area contributed by atoms with Crippen molar-refractivity contribution < 1.29 is 14.4 Å². The standard InChI is InChI=1S/C14H21N3O3/c1-9-7-17(4-5-18)8-12(9)15-14(19)11-6-13(20-16-11)10-2-3-10/h6,9-10,12,18H,2-5,7-8H2,1H3,(H,15,19)/t9-,12+/m1/s1. The van der Waals surface area contributed by atoms with E-state index in [4.69, 9.17) is 9.63 Å². The molecule has 1 saturated heterocycles. The molecule has 1 aromatic heterocycles. The summed E-state index contributed by atoms with van der Waals surface area (Å²) in [5.74, 6) is 1.51. The van der Waals surface area contributed by atoms with Gasteiger partial charge in [0.25, 0.3) is 5.91 Å². The highest BCUT2D eigenvalue weighted by molar-refractivity contribution is 5.92. The Morgan fingerprint density at radius 2 is 2.35 bits per heavy atom. The van der Waals surface area contributed by atoms with Crippen molar-refractivity contribution in [2.75, 3.05) is 26.2 Å². The van der Waals surface area contributed by atoms with Crippen LogP contribution in [-0.2, 0) is 0 Å². The maximum Gasteiger partial charge on any atom is 0.273 e. The minimum atomic E-state index is -0.164. The van der Waals surface area contributed by atoms with E-state index in [-0.39, 0.29) is 18.6 Å². The van der Waals surface area contributed by atoms with E-state index >= 15 is 0 Å². The highest BCUT2D eigenvalue weighted by atomic mass is 16.5. The second-order valence-corrected chi connectivity index (χ2v) is 5.93. The van der Waals surface area contributed by atoms with Gasteiger partial charge in [-0.05, 0) is 18.8 Å². The van der Waals surface area contributed by atoms with E-state index in [1.165, 1.54) is 0 Å². The van der Waals surface area contributed by atoms with Crippen molar-refractivity contribution >= 4 is 5.91 Å². The lowest BCUT2D eigenvalue weighted by atomic mass is 10.1. The number of nitrogens with one attached hydrogen (secondary N) is 1. The van der Waals surface area contributed by atoms with Crippen LogP contribution >= 0.6 is 0 Å². The molecule has 2 heterocycles. The molecule has 3 rings (SSSR count). The fraction of sp³-hybridized carbons (Fsp3) is 0.714. The number of aromatic nitrogens is 1. The number of nitrogens with zero attached hydrogens (tertiary/aromatic N) is 2. The van der Waals surface area contributed by atoms with Gasteiger partial charge in [0.15, 0.2) is 5.69 Å². The van der Waals surface area contributed by atoms with E-state index in [0.29, 0.717) is 24.1 Å². The molecule has 2 aliphatic rings. The minimum Gasteiger partial charge on any atom is -0.395 e. The highest BCUT2D eigenvalue weighted by Crippen LogP contribution is 2.40. The monoisotopic (exact) mass is 279 g/mol. The van der Waals surface area contributed by atoms with Gasteiger partial charge in [0, 0.05) is 37.7 Å². The van der Waals surface area contributed by atoms with E-state index < -0.39 is 0 Å². The van der Waals surface area contributed by atoms with Crippen LogP contribution in [0.5, 0.6) is 0 Å². The van der Waals surface area contributed by atoms with Crippen molar-refractivity contribution in [3.63, 3.8) is 0 Å². The normalized spacial score (nSPS) is 26.9. The molecule has 1 aliphatic carbocycles. The van der Waals surface area contributed by atoms with E-state index in [9.17, 15) is 4.79 Å². The van der Waals surface area contributed by atoms with Crippen LogP contribution in [0.25, 0.3) is 0 Å². The summed E-state index contributed by atoms with van der Waals surface area (Å²) in [7, 11) is 0. The molecule has 0 radical (unpaired) electrons. The largest absolute Gasteiger partial charge is 0.395 e. The molecule has 6 heteroatoms. The fourth-order valence-electron chi connectivity index (χ4n) is 2.78. The lowest BCUT2D eigenvalue weighted by molar-refractivity contribution is 0.0922. The van der Waals surface area contributed by atoms with Gasteiger partial charge in [0.2, 0.25) is 0 Å². The third-order valence-corrected chi connectivity index (χ3v) is 4.16. The number of aliphatic hydroxyl groups excluding tert-OH is 1. The van der Waals surface area contributed by atoms with Gasteiger partial charge in [0.1, 0.15) is 5.76 Å². The predicted octanol–water partition coefficient (Wildman–Crippen LogP) is 0.594. The zero-order valence-corrected chi connectivity index (χ0v) is 11.7. The van der Waals surface area contributed by atoms with Crippen molar-refractivity contribution in [2.24, 2.45) is 5.92 Å². The summed E-state index contributed by atoms with van der Waals surface area (Å²) in [5.41, 5.74) is 0.375. The lowest BCUT2D eigenvalue weighted by Gasteiger charge is -2.15. The Morgan fingerprint density at radius 1 is 1.55 bits per heavy atom. The summed E-state index contributed by atoms with van der Waals surface area (Å²) in [4.78, 5) is 14.3. The van der Waals surface area contributed by atoms with Crippen molar-refractivity contribution in [3.05, 3.63) is 17.5 Å². The zero-order chi connectivity index (χ0) is 14.1. The molecule has 0 unspecified atom stereocenters. The molecular formula is C14H21N3O3. The number of rotatable bonds is 5.